The molecule has 6 atom stereocenters. The molecule has 1 unspecified atom stereocenters. The van der Waals surface area contributed by atoms with Gasteiger partial charge in [-0.05, 0) is 36.3 Å². The molecule has 0 radical (unpaired) electrons. The molecule has 0 aromatic carbocycles. The van der Waals surface area contributed by atoms with Crippen molar-refractivity contribution in [3.8, 4) is 18.4 Å². The maximum absolute atomic E-state index is 13.7. The zero-order valence-electron chi connectivity index (χ0n) is 21.6. The maximum Gasteiger partial charge on any atom is 0.471 e. The standard InChI is InChI=1S/C26H27F3N6O4/c1-6-14-8-7-9-35-20(14)15(11-31-35)17(10-30)32-22(36)21-18-16(25(18,3)4)12-34(21)23(37)19(13(2)39-5)33-24(38)26(27,28)29/h1,7-9,11,13,16-19,21H,12H2,2-5H3,(H,32,36)(H,33,38)/t13-,16+,17?,18+,19+,21+/m1/s1. The van der Waals surface area contributed by atoms with Crippen LogP contribution in [0.15, 0.2) is 24.5 Å². The van der Waals surface area contributed by atoms with Crippen molar-refractivity contribution in [3.63, 3.8) is 0 Å². The van der Waals surface area contributed by atoms with Crippen molar-refractivity contribution in [1.82, 2.24) is 25.1 Å². The van der Waals surface area contributed by atoms with Gasteiger partial charge in [0, 0.05) is 25.4 Å². The van der Waals surface area contributed by atoms with Gasteiger partial charge in [-0.15, -0.1) is 6.42 Å². The SMILES string of the molecule is C#Cc1cccn2ncc(C(C#N)NC(=O)[C@@H]3[C@@H]4[C@H](CN3C(=O)[C@@H](NC(=O)C(F)(F)F)[C@@H](C)OC)C4(C)C)c12. The van der Waals surface area contributed by atoms with Crippen LogP contribution in [-0.4, -0.2) is 70.3 Å². The van der Waals surface area contributed by atoms with Crippen LogP contribution in [0.2, 0.25) is 0 Å². The van der Waals surface area contributed by atoms with E-state index in [9.17, 15) is 32.8 Å². The number of aromatic nitrogens is 2. The third-order valence-electron chi connectivity index (χ3n) is 7.86. The lowest BCUT2D eigenvalue weighted by atomic mass is 9.98. The van der Waals surface area contributed by atoms with E-state index in [4.69, 9.17) is 11.2 Å². The lowest BCUT2D eigenvalue weighted by molar-refractivity contribution is -0.176. The van der Waals surface area contributed by atoms with Gasteiger partial charge in [-0.25, -0.2) is 4.52 Å². The molecule has 39 heavy (non-hydrogen) atoms. The van der Waals surface area contributed by atoms with Gasteiger partial charge in [0.2, 0.25) is 11.8 Å². The van der Waals surface area contributed by atoms with Crippen LogP contribution in [0.5, 0.6) is 0 Å². The number of nitrogens with one attached hydrogen (secondary N) is 2. The molecule has 2 N–H and O–H groups in total. The van der Waals surface area contributed by atoms with Gasteiger partial charge in [0.05, 0.1) is 29.5 Å². The van der Waals surface area contributed by atoms with E-state index >= 15 is 0 Å². The number of terminal acetylenes is 1. The monoisotopic (exact) mass is 544 g/mol. The molecule has 2 aromatic rings. The zero-order valence-corrected chi connectivity index (χ0v) is 21.6. The van der Waals surface area contributed by atoms with Gasteiger partial charge in [0.1, 0.15) is 18.1 Å². The Kier molecular flexibility index (Phi) is 7.08. The molecule has 2 aromatic heterocycles. The molecule has 2 fully saturated rings. The topological polar surface area (TPSA) is 129 Å². The predicted octanol–water partition coefficient (Wildman–Crippen LogP) is 1.56. The number of nitriles is 1. The van der Waals surface area contributed by atoms with Gasteiger partial charge in [-0.3, -0.25) is 14.4 Å². The Labute approximate surface area is 222 Å². The lowest BCUT2D eigenvalue weighted by Crippen LogP contribution is -2.60. The van der Waals surface area contributed by atoms with Gasteiger partial charge in [-0.1, -0.05) is 19.8 Å². The second-order valence-electron chi connectivity index (χ2n) is 10.3. The fraction of sp³-hybridized carbons (Fsp3) is 0.500. The number of piperidine rings is 1. The summed E-state index contributed by atoms with van der Waals surface area (Å²) in [4.78, 5) is 40.0. The Morgan fingerprint density at radius 1 is 1.31 bits per heavy atom. The minimum absolute atomic E-state index is 0.0958. The average Bonchev–Trinajstić information content (AvgIpc) is 3.26. The number of methoxy groups -OCH3 is 1. The van der Waals surface area contributed by atoms with Gasteiger partial charge in [-0.2, -0.15) is 23.5 Å². The van der Waals surface area contributed by atoms with E-state index in [1.165, 1.54) is 29.6 Å². The van der Waals surface area contributed by atoms with Gasteiger partial charge < -0.3 is 20.3 Å². The summed E-state index contributed by atoms with van der Waals surface area (Å²) in [5.74, 6) is -1.71. The minimum Gasteiger partial charge on any atom is -0.379 e. The molecule has 206 valence electrons. The van der Waals surface area contributed by atoms with Gasteiger partial charge in [0.15, 0.2) is 0 Å². The number of fused-ring (bicyclic) bond motifs is 2. The average molecular weight is 545 g/mol. The van der Waals surface area contributed by atoms with E-state index in [1.54, 1.807) is 23.6 Å². The Balaban J connectivity index is 1.63. The van der Waals surface area contributed by atoms with Crippen molar-refractivity contribution in [2.45, 2.75) is 51.2 Å². The second kappa shape index (κ2) is 9.89. The summed E-state index contributed by atoms with van der Waals surface area (Å²) in [7, 11) is 1.19. The Morgan fingerprint density at radius 2 is 2.00 bits per heavy atom. The highest BCUT2D eigenvalue weighted by Gasteiger charge is 2.69. The van der Waals surface area contributed by atoms with Crippen LogP contribution in [0.25, 0.3) is 5.52 Å². The molecule has 10 nitrogen and oxygen atoms in total. The molecule has 0 spiro atoms. The first kappa shape index (κ1) is 27.9. The summed E-state index contributed by atoms with van der Waals surface area (Å²) < 4.78 is 45.5. The molecular formula is C26H27F3N6O4. The number of pyridine rings is 1. The summed E-state index contributed by atoms with van der Waals surface area (Å²) in [5, 5.41) is 18.5. The molecule has 1 saturated carbocycles. The molecule has 0 bridgehead atoms. The van der Waals surface area contributed by atoms with E-state index in [2.05, 4.69) is 16.3 Å². The maximum atomic E-state index is 13.7. The van der Waals surface area contributed by atoms with Crippen LogP contribution in [0.4, 0.5) is 13.2 Å². The normalized spacial score (nSPS) is 23.6. The van der Waals surface area contributed by atoms with Crippen molar-refractivity contribution in [3.05, 3.63) is 35.7 Å². The molecule has 1 aliphatic carbocycles. The number of carbonyl (C=O) groups is 3. The number of amides is 3. The highest BCUT2D eigenvalue weighted by molar-refractivity contribution is 5.95. The quantitative estimate of drug-likeness (QED) is 0.509. The van der Waals surface area contributed by atoms with E-state index in [-0.39, 0.29) is 23.8 Å². The first-order chi connectivity index (χ1) is 18.3. The molecule has 3 amide bonds. The number of carbonyl (C=O) groups excluding carboxylic acids is 3. The summed E-state index contributed by atoms with van der Waals surface area (Å²) in [6.07, 6.45) is 2.31. The number of hydrogen-bond donors (Lipinski definition) is 2. The zero-order chi connectivity index (χ0) is 28.9. The third-order valence-corrected chi connectivity index (χ3v) is 7.86. The molecule has 4 rings (SSSR count). The molecule has 1 aliphatic heterocycles. The van der Waals surface area contributed by atoms with Crippen LogP contribution in [0, 0.1) is 40.9 Å². The first-order valence-corrected chi connectivity index (χ1v) is 12.1. The van der Waals surface area contributed by atoms with Crippen LogP contribution in [0.1, 0.15) is 37.9 Å². The predicted molar refractivity (Wildman–Crippen MR) is 130 cm³/mol. The van der Waals surface area contributed by atoms with E-state index < -0.39 is 48.1 Å². The number of nitrogens with zero attached hydrogens (tertiary/aromatic N) is 4. The Morgan fingerprint density at radius 3 is 2.59 bits per heavy atom. The van der Waals surface area contributed by atoms with Crippen molar-refractivity contribution >= 4 is 23.2 Å². The second-order valence-corrected chi connectivity index (χ2v) is 10.3. The minimum atomic E-state index is -5.22. The van der Waals surface area contributed by atoms with Crippen molar-refractivity contribution < 1.29 is 32.3 Å². The van der Waals surface area contributed by atoms with Crippen molar-refractivity contribution in [1.29, 1.82) is 5.26 Å². The summed E-state index contributed by atoms with van der Waals surface area (Å²) in [5.41, 5.74) is 0.946. The largest absolute Gasteiger partial charge is 0.471 e. The lowest BCUT2D eigenvalue weighted by Gasteiger charge is -2.34. The number of hydrogen-bond acceptors (Lipinski definition) is 6. The molecular weight excluding hydrogens is 517 g/mol. The van der Waals surface area contributed by atoms with Crippen LogP contribution in [0.3, 0.4) is 0 Å². The molecule has 13 heteroatoms. The van der Waals surface area contributed by atoms with E-state index in [0.29, 0.717) is 16.6 Å². The first-order valence-electron chi connectivity index (χ1n) is 12.1. The number of ether oxygens (including phenoxy) is 1. The summed E-state index contributed by atoms with van der Waals surface area (Å²) in [6.45, 7) is 5.29. The number of rotatable bonds is 7. The third kappa shape index (κ3) is 4.79. The van der Waals surface area contributed by atoms with Crippen LogP contribution in [-0.2, 0) is 19.1 Å². The van der Waals surface area contributed by atoms with E-state index in [0.717, 1.165) is 0 Å². The van der Waals surface area contributed by atoms with Gasteiger partial charge >= 0.3 is 12.1 Å². The Bertz CT molecular complexity index is 1410. The Hall–Kier alpha value is -4.10. The van der Waals surface area contributed by atoms with Crippen LogP contribution < -0.4 is 10.6 Å². The fourth-order valence-electron chi connectivity index (χ4n) is 5.53. The van der Waals surface area contributed by atoms with Crippen molar-refractivity contribution in [2.75, 3.05) is 13.7 Å². The number of halogens is 3. The number of likely N-dealkylation sites (tertiary alicyclic amines) is 1. The van der Waals surface area contributed by atoms with Crippen molar-refractivity contribution in [2.24, 2.45) is 17.3 Å². The highest BCUT2D eigenvalue weighted by atomic mass is 19.4. The van der Waals surface area contributed by atoms with Gasteiger partial charge in [0.25, 0.3) is 0 Å². The smallest absolute Gasteiger partial charge is 0.379 e. The highest BCUT2D eigenvalue weighted by Crippen LogP contribution is 2.65. The van der Waals surface area contributed by atoms with Crippen LogP contribution >= 0.6 is 0 Å². The molecule has 3 heterocycles. The fourth-order valence-corrected chi connectivity index (χ4v) is 5.53. The summed E-state index contributed by atoms with van der Waals surface area (Å²) >= 11 is 0. The summed E-state index contributed by atoms with van der Waals surface area (Å²) in [6, 6.07) is 1.42. The number of alkyl halides is 3. The molecule has 1 saturated heterocycles. The van der Waals surface area contributed by atoms with E-state index in [1.807, 2.05) is 19.9 Å². The molecule has 2 aliphatic rings.